The quantitative estimate of drug-likeness (QED) is 0.634. The third-order valence-electron chi connectivity index (χ3n) is 4.06. The molecule has 0 aliphatic rings. The Morgan fingerprint density at radius 3 is 2.42 bits per heavy atom. The van der Waals surface area contributed by atoms with Crippen molar-refractivity contribution in [3.05, 3.63) is 53.6 Å². The van der Waals surface area contributed by atoms with Crippen LogP contribution < -0.4 is 15.5 Å². The number of amides is 2. The van der Waals surface area contributed by atoms with Crippen LogP contribution in [0.4, 0.5) is 11.4 Å². The first kappa shape index (κ1) is 20.3. The lowest BCUT2D eigenvalue weighted by atomic mass is 10.2. The highest BCUT2D eigenvalue weighted by molar-refractivity contribution is 7.98. The summed E-state index contributed by atoms with van der Waals surface area (Å²) in [5.74, 6) is -0.280. The minimum atomic E-state index is -0.382. The number of benzene rings is 2. The number of carbonyl (C=O) groups excluding carboxylic acids is 2. The molecule has 0 saturated heterocycles. The summed E-state index contributed by atoms with van der Waals surface area (Å²) >= 11 is 7.42. The minimum Gasteiger partial charge on any atom is -0.321 e. The van der Waals surface area contributed by atoms with Gasteiger partial charge in [-0.3, -0.25) is 9.59 Å². The molecule has 2 aromatic carbocycles. The summed E-state index contributed by atoms with van der Waals surface area (Å²) in [6, 6.07) is 14.2. The molecule has 7 heteroatoms. The molecule has 2 aromatic rings. The van der Waals surface area contributed by atoms with Crippen molar-refractivity contribution >= 4 is 46.6 Å². The number of carbonyl (C=O) groups is 2. The summed E-state index contributed by atoms with van der Waals surface area (Å²) in [6.07, 6.45) is 1.96. The van der Waals surface area contributed by atoms with Gasteiger partial charge in [0.1, 0.15) is 0 Å². The van der Waals surface area contributed by atoms with E-state index in [0.717, 1.165) is 15.5 Å². The minimum absolute atomic E-state index is 0.129. The zero-order valence-electron chi connectivity index (χ0n) is 15.0. The molecule has 2 atom stereocenters. The summed E-state index contributed by atoms with van der Waals surface area (Å²) in [7, 11) is 1.83. The Kier molecular flexibility index (Phi) is 7.50. The van der Waals surface area contributed by atoms with E-state index in [-0.39, 0.29) is 24.4 Å². The average Bonchev–Trinajstić information content (AvgIpc) is 2.63. The normalized spacial score (nSPS) is 12.9. The van der Waals surface area contributed by atoms with E-state index in [1.807, 2.05) is 37.6 Å². The number of likely N-dealkylation sites (N-methyl/N-ethyl adjacent to an activating group) is 1. The van der Waals surface area contributed by atoms with Gasteiger partial charge in [-0.05, 0) is 49.6 Å². The van der Waals surface area contributed by atoms with Gasteiger partial charge in [0, 0.05) is 15.6 Å². The van der Waals surface area contributed by atoms with Crippen molar-refractivity contribution in [3.63, 3.8) is 0 Å². The lowest BCUT2D eigenvalue weighted by molar-refractivity contribution is -0.885. The Balaban J connectivity index is 1.90. The van der Waals surface area contributed by atoms with Crippen molar-refractivity contribution in [2.24, 2.45) is 0 Å². The molecule has 0 radical (unpaired) electrons. The van der Waals surface area contributed by atoms with Crippen LogP contribution in [0.2, 0.25) is 5.02 Å². The van der Waals surface area contributed by atoms with Crippen LogP contribution >= 0.6 is 23.4 Å². The zero-order valence-corrected chi connectivity index (χ0v) is 16.6. The molecule has 3 N–H and O–H groups in total. The third kappa shape index (κ3) is 5.76. The second-order valence-corrected chi connectivity index (χ2v) is 7.27. The molecule has 26 heavy (non-hydrogen) atoms. The zero-order chi connectivity index (χ0) is 19.1. The lowest BCUT2D eigenvalue weighted by Crippen LogP contribution is -3.14. The van der Waals surface area contributed by atoms with Gasteiger partial charge in [-0.1, -0.05) is 23.7 Å². The van der Waals surface area contributed by atoms with Gasteiger partial charge in [-0.25, -0.2) is 0 Å². The van der Waals surface area contributed by atoms with Gasteiger partial charge in [-0.15, -0.1) is 11.8 Å². The summed E-state index contributed by atoms with van der Waals surface area (Å²) in [4.78, 5) is 26.5. The molecule has 138 valence electrons. The number of anilines is 2. The van der Waals surface area contributed by atoms with Gasteiger partial charge in [0.05, 0.1) is 12.7 Å². The maximum atomic E-state index is 12.4. The van der Waals surface area contributed by atoms with Gasteiger partial charge < -0.3 is 15.5 Å². The summed E-state index contributed by atoms with van der Waals surface area (Å²) < 4.78 is 0. The molecule has 0 aromatic heterocycles. The van der Waals surface area contributed by atoms with E-state index in [1.165, 1.54) is 0 Å². The van der Waals surface area contributed by atoms with E-state index >= 15 is 0 Å². The first-order valence-electron chi connectivity index (χ1n) is 8.22. The highest BCUT2D eigenvalue weighted by atomic mass is 35.5. The fourth-order valence-corrected chi connectivity index (χ4v) is 3.04. The Morgan fingerprint density at radius 2 is 1.77 bits per heavy atom. The maximum Gasteiger partial charge on any atom is 0.282 e. The van der Waals surface area contributed by atoms with Crippen molar-refractivity contribution in [1.29, 1.82) is 0 Å². The Bertz CT molecular complexity index is 768. The topological polar surface area (TPSA) is 62.6 Å². The number of hydrogen-bond donors (Lipinski definition) is 3. The molecule has 2 amide bonds. The first-order valence-corrected chi connectivity index (χ1v) is 9.82. The van der Waals surface area contributed by atoms with Crippen molar-refractivity contribution < 1.29 is 14.5 Å². The van der Waals surface area contributed by atoms with Gasteiger partial charge >= 0.3 is 0 Å². The highest BCUT2D eigenvalue weighted by Crippen LogP contribution is 2.24. The summed E-state index contributed by atoms with van der Waals surface area (Å²) in [6.45, 7) is 1.99. The monoisotopic (exact) mass is 392 g/mol. The summed E-state index contributed by atoms with van der Waals surface area (Å²) in [5.41, 5.74) is 1.47. The van der Waals surface area contributed by atoms with Gasteiger partial charge in [0.25, 0.3) is 11.8 Å². The second-order valence-electron chi connectivity index (χ2n) is 5.99. The van der Waals surface area contributed by atoms with Crippen LogP contribution in [0.15, 0.2) is 53.4 Å². The molecule has 0 heterocycles. The number of rotatable bonds is 7. The van der Waals surface area contributed by atoms with Gasteiger partial charge in [0.2, 0.25) is 0 Å². The molecular weight excluding hydrogens is 370 g/mol. The summed E-state index contributed by atoms with van der Waals surface area (Å²) in [5, 5.41) is 6.36. The van der Waals surface area contributed by atoms with E-state index in [1.54, 1.807) is 43.0 Å². The fraction of sp³-hybridized carbons (Fsp3) is 0.263. The van der Waals surface area contributed by atoms with Crippen molar-refractivity contribution in [2.45, 2.75) is 17.9 Å². The van der Waals surface area contributed by atoms with E-state index in [2.05, 4.69) is 10.6 Å². The van der Waals surface area contributed by atoms with Crippen molar-refractivity contribution in [1.82, 2.24) is 0 Å². The average molecular weight is 393 g/mol. The number of quaternary nitrogens is 1. The van der Waals surface area contributed by atoms with Gasteiger partial charge in [-0.2, -0.15) is 0 Å². The third-order valence-corrected chi connectivity index (χ3v) is 5.11. The number of halogens is 1. The molecular formula is C19H23ClN3O2S+. The molecule has 1 unspecified atom stereocenters. The van der Waals surface area contributed by atoms with Crippen LogP contribution in [0, 0.1) is 0 Å². The number of nitrogens with one attached hydrogen (secondary N) is 3. The fourth-order valence-electron chi connectivity index (χ4n) is 2.36. The largest absolute Gasteiger partial charge is 0.321 e. The number of para-hydroxylation sites is 1. The van der Waals surface area contributed by atoms with Gasteiger partial charge in [0.15, 0.2) is 12.6 Å². The SMILES string of the molecule is CSc1ccccc1NC(=O)C[NH+](C)[C@@H](C)C(=O)Nc1ccc(Cl)cc1. The molecule has 0 fully saturated rings. The van der Waals surface area contributed by atoms with E-state index in [0.29, 0.717) is 10.7 Å². The molecule has 2 rings (SSSR count). The number of thioether (sulfide) groups is 1. The molecule has 5 nitrogen and oxygen atoms in total. The van der Waals surface area contributed by atoms with Crippen LogP contribution in [0.5, 0.6) is 0 Å². The van der Waals surface area contributed by atoms with Crippen LogP contribution in [0.25, 0.3) is 0 Å². The molecule has 0 spiro atoms. The van der Waals surface area contributed by atoms with Crippen molar-refractivity contribution in [3.8, 4) is 0 Å². The van der Waals surface area contributed by atoms with Crippen LogP contribution in [0.3, 0.4) is 0 Å². The van der Waals surface area contributed by atoms with E-state index < -0.39 is 0 Å². The van der Waals surface area contributed by atoms with Crippen molar-refractivity contribution in [2.75, 3.05) is 30.5 Å². The lowest BCUT2D eigenvalue weighted by Gasteiger charge is -2.21. The maximum absolute atomic E-state index is 12.4. The first-order chi connectivity index (χ1) is 12.4. The molecule has 0 aliphatic carbocycles. The van der Waals surface area contributed by atoms with E-state index in [9.17, 15) is 9.59 Å². The van der Waals surface area contributed by atoms with Crippen LogP contribution in [0.1, 0.15) is 6.92 Å². The second kappa shape index (κ2) is 9.62. The van der Waals surface area contributed by atoms with E-state index in [4.69, 9.17) is 11.6 Å². The predicted molar refractivity (Wildman–Crippen MR) is 108 cm³/mol. The smallest absolute Gasteiger partial charge is 0.282 e. The standard InChI is InChI=1S/C19H22ClN3O2S/c1-13(19(25)21-15-10-8-14(20)9-11-15)23(2)12-18(24)22-16-6-4-5-7-17(16)26-3/h4-11,13H,12H2,1-3H3,(H,21,25)(H,22,24)/p+1/t13-/m0/s1. The highest BCUT2D eigenvalue weighted by Gasteiger charge is 2.24. The molecule has 0 aliphatic heterocycles. The van der Waals surface area contributed by atoms with Crippen LogP contribution in [-0.2, 0) is 9.59 Å². The predicted octanol–water partition coefficient (Wildman–Crippen LogP) is 2.54. The Labute approximate surface area is 163 Å². The molecule has 0 bridgehead atoms. The molecule has 0 saturated carbocycles. The number of hydrogen-bond acceptors (Lipinski definition) is 3. The van der Waals surface area contributed by atoms with Crippen LogP contribution in [-0.4, -0.2) is 37.7 Å². The Hall–Kier alpha value is -2.02. The Morgan fingerprint density at radius 1 is 1.12 bits per heavy atom.